The van der Waals surface area contributed by atoms with E-state index in [1.807, 2.05) is 61.5 Å². The first-order valence-electron chi connectivity index (χ1n) is 8.64. The van der Waals surface area contributed by atoms with Gasteiger partial charge in [-0.05, 0) is 24.1 Å². The summed E-state index contributed by atoms with van der Waals surface area (Å²) in [7, 11) is -3.22. The monoisotopic (exact) mass is 381 g/mol. The average Bonchev–Trinajstić information content (AvgIpc) is 3.09. The summed E-state index contributed by atoms with van der Waals surface area (Å²) in [5.74, 6) is 0.0436. The number of rotatable bonds is 4. The number of aryl methyl sites for hydroxylation is 1. The molecule has 6 nitrogen and oxygen atoms in total. The van der Waals surface area contributed by atoms with E-state index in [2.05, 4.69) is 10.4 Å². The number of aromatic nitrogens is 2. The number of anilines is 1. The third-order valence-electron chi connectivity index (χ3n) is 4.60. The number of hydrogen-bond acceptors (Lipinski definition) is 4. The van der Waals surface area contributed by atoms with E-state index >= 15 is 0 Å². The van der Waals surface area contributed by atoms with E-state index in [4.69, 9.17) is 0 Å². The van der Waals surface area contributed by atoms with E-state index in [0.29, 0.717) is 17.1 Å². The van der Waals surface area contributed by atoms with E-state index in [1.54, 1.807) is 4.68 Å². The number of nitrogens with zero attached hydrogens (tertiary/aromatic N) is 2. The smallest absolute Gasteiger partial charge is 0.229 e. The zero-order chi connectivity index (χ0) is 19.0. The van der Waals surface area contributed by atoms with Gasteiger partial charge >= 0.3 is 0 Å². The molecule has 0 spiro atoms. The Hall–Kier alpha value is -2.93. The van der Waals surface area contributed by atoms with Crippen molar-refractivity contribution in [2.75, 3.05) is 5.32 Å². The molecule has 0 bridgehead atoms. The third-order valence-corrected chi connectivity index (χ3v) is 6.04. The molecule has 7 heteroatoms. The van der Waals surface area contributed by atoms with Crippen molar-refractivity contribution in [2.24, 2.45) is 0 Å². The highest BCUT2D eigenvalue weighted by atomic mass is 32.2. The molecule has 3 aromatic rings. The van der Waals surface area contributed by atoms with Gasteiger partial charge in [0.2, 0.25) is 5.91 Å². The van der Waals surface area contributed by atoms with Gasteiger partial charge in [0.1, 0.15) is 5.82 Å². The molecule has 138 valence electrons. The topological polar surface area (TPSA) is 81.1 Å². The standard InChI is InChI=1S/C20H19N3O3S/c1-14-7-5-6-10-18(14)23-20(16-12-27(25,26)13-17(16)22-23)21-19(24)11-15-8-3-2-4-9-15/h2-10H,11-13H2,1H3,(H,21,24). The molecule has 2 heterocycles. The summed E-state index contributed by atoms with van der Waals surface area (Å²) in [6.45, 7) is 1.95. The van der Waals surface area contributed by atoms with Crippen LogP contribution in [-0.4, -0.2) is 24.1 Å². The number of amides is 1. The zero-order valence-electron chi connectivity index (χ0n) is 14.8. The van der Waals surface area contributed by atoms with E-state index in [-0.39, 0.29) is 23.8 Å². The summed E-state index contributed by atoms with van der Waals surface area (Å²) in [4.78, 5) is 12.6. The predicted molar refractivity (Wildman–Crippen MR) is 103 cm³/mol. The molecule has 0 unspecified atom stereocenters. The first kappa shape index (κ1) is 17.5. The molecule has 1 aliphatic rings. The minimum atomic E-state index is -3.22. The lowest BCUT2D eigenvalue weighted by molar-refractivity contribution is -0.115. The number of sulfone groups is 1. The Labute approximate surface area is 157 Å². The molecule has 0 radical (unpaired) electrons. The van der Waals surface area contributed by atoms with Gasteiger partial charge in [-0.3, -0.25) is 4.79 Å². The van der Waals surface area contributed by atoms with Gasteiger partial charge in [-0.1, -0.05) is 48.5 Å². The summed E-state index contributed by atoms with van der Waals surface area (Å²) >= 11 is 0. The lowest BCUT2D eigenvalue weighted by Gasteiger charge is -2.13. The van der Waals surface area contributed by atoms with Gasteiger partial charge in [0.25, 0.3) is 0 Å². The van der Waals surface area contributed by atoms with Crippen molar-refractivity contribution in [1.29, 1.82) is 0 Å². The molecule has 0 saturated carbocycles. The maximum absolute atomic E-state index is 12.6. The summed E-state index contributed by atoms with van der Waals surface area (Å²) < 4.78 is 25.7. The minimum Gasteiger partial charge on any atom is -0.310 e. The summed E-state index contributed by atoms with van der Waals surface area (Å²) in [5, 5.41) is 7.40. The Balaban J connectivity index is 1.72. The quantitative estimate of drug-likeness (QED) is 0.753. The SMILES string of the molecule is Cc1ccccc1-n1nc2c(c1NC(=O)Cc1ccccc1)CS(=O)(=O)C2. The van der Waals surface area contributed by atoms with Crippen LogP contribution in [0.5, 0.6) is 0 Å². The van der Waals surface area contributed by atoms with Crippen molar-refractivity contribution < 1.29 is 13.2 Å². The zero-order valence-corrected chi connectivity index (χ0v) is 15.7. The second kappa shape index (κ2) is 6.66. The van der Waals surface area contributed by atoms with Crippen LogP contribution in [0, 0.1) is 6.92 Å². The summed E-state index contributed by atoms with van der Waals surface area (Å²) in [5.41, 5.74) is 3.79. The molecule has 1 aromatic heterocycles. The number of hydrogen-bond donors (Lipinski definition) is 1. The van der Waals surface area contributed by atoms with Crippen LogP contribution in [-0.2, 0) is 32.6 Å². The van der Waals surface area contributed by atoms with Crippen LogP contribution in [0.25, 0.3) is 5.69 Å². The second-order valence-electron chi connectivity index (χ2n) is 6.71. The highest BCUT2D eigenvalue weighted by Crippen LogP contribution is 2.33. The largest absolute Gasteiger partial charge is 0.310 e. The van der Waals surface area contributed by atoms with Gasteiger partial charge in [-0.15, -0.1) is 0 Å². The van der Waals surface area contributed by atoms with Crippen molar-refractivity contribution in [2.45, 2.75) is 24.9 Å². The predicted octanol–water partition coefficient (Wildman–Crippen LogP) is 2.79. The third kappa shape index (κ3) is 3.50. The molecule has 4 rings (SSSR count). The highest BCUT2D eigenvalue weighted by Gasteiger charge is 2.33. The average molecular weight is 381 g/mol. The van der Waals surface area contributed by atoms with E-state index in [9.17, 15) is 13.2 Å². The first-order chi connectivity index (χ1) is 12.9. The fourth-order valence-electron chi connectivity index (χ4n) is 3.30. The molecule has 0 atom stereocenters. The number of nitrogens with one attached hydrogen (secondary N) is 1. The van der Waals surface area contributed by atoms with Gasteiger partial charge in [-0.25, -0.2) is 13.1 Å². The van der Waals surface area contributed by atoms with Crippen molar-refractivity contribution in [3.63, 3.8) is 0 Å². The van der Waals surface area contributed by atoms with Crippen molar-refractivity contribution >= 4 is 21.6 Å². The van der Waals surface area contributed by atoms with Crippen molar-refractivity contribution in [3.05, 3.63) is 77.0 Å². The number of carbonyl (C=O) groups is 1. The number of para-hydroxylation sites is 1. The lowest BCUT2D eigenvalue weighted by Crippen LogP contribution is -2.19. The number of carbonyl (C=O) groups excluding carboxylic acids is 1. The minimum absolute atomic E-state index is 0.0945. The van der Waals surface area contributed by atoms with Gasteiger partial charge in [-0.2, -0.15) is 5.10 Å². The molecule has 2 aromatic carbocycles. The molecule has 1 aliphatic heterocycles. The van der Waals surface area contributed by atoms with Gasteiger partial charge in [0.15, 0.2) is 9.84 Å². The van der Waals surface area contributed by atoms with Crippen LogP contribution in [0.3, 0.4) is 0 Å². The van der Waals surface area contributed by atoms with E-state index in [0.717, 1.165) is 16.8 Å². The highest BCUT2D eigenvalue weighted by molar-refractivity contribution is 7.90. The number of benzene rings is 2. The van der Waals surface area contributed by atoms with Crippen LogP contribution in [0.4, 0.5) is 5.82 Å². The Kier molecular flexibility index (Phi) is 4.31. The van der Waals surface area contributed by atoms with Gasteiger partial charge < -0.3 is 5.32 Å². The fraction of sp³-hybridized carbons (Fsp3) is 0.200. The Morgan fingerprint density at radius 1 is 1.07 bits per heavy atom. The molecule has 0 saturated heterocycles. The van der Waals surface area contributed by atoms with Crippen LogP contribution in [0.15, 0.2) is 54.6 Å². The summed E-state index contributed by atoms with van der Waals surface area (Å²) in [6, 6.07) is 17.1. The molecular weight excluding hydrogens is 362 g/mol. The van der Waals surface area contributed by atoms with Crippen LogP contribution < -0.4 is 5.32 Å². The van der Waals surface area contributed by atoms with Crippen LogP contribution in [0.2, 0.25) is 0 Å². The number of fused-ring (bicyclic) bond motifs is 1. The van der Waals surface area contributed by atoms with Crippen molar-refractivity contribution in [3.8, 4) is 5.69 Å². The second-order valence-corrected chi connectivity index (χ2v) is 8.78. The Morgan fingerprint density at radius 2 is 1.78 bits per heavy atom. The molecule has 27 heavy (non-hydrogen) atoms. The molecule has 1 amide bonds. The Bertz CT molecular complexity index is 1120. The molecule has 0 aliphatic carbocycles. The van der Waals surface area contributed by atoms with E-state index in [1.165, 1.54) is 0 Å². The maximum Gasteiger partial charge on any atom is 0.229 e. The van der Waals surface area contributed by atoms with Crippen LogP contribution in [0.1, 0.15) is 22.4 Å². The van der Waals surface area contributed by atoms with Crippen molar-refractivity contribution in [1.82, 2.24) is 9.78 Å². The first-order valence-corrected chi connectivity index (χ1v) is 10.5. The van der Waals surface area contributed by atoms with Gasteiger partial charge in [0.05, 0.1) is 29.3 Å². The van der Waals surface area contributed by atoms with E-state index < -0.39 is 9.84 Å². The molecule has 0 fully saturated rings. The normalized spacial score (nSPS) is 14.7. The Morgan fingerprint density at radius 3 is 2.52 bits per heavy atom. The molecular formula is C20H19N3O3S. The maximum atomic E-state index is 12.6. The fourth-order valence-corrected chi connectivity index (χ4v) is 4.80. The van der Waals surface area contributed by atoms with Crippen LogP contribution >= 0.6 is 0 Å². The lowest BCUT2D eigenvalue weighted by atomic mass is 10.1. The summed E-state index contributed by atoms with van der Waals surface area (Å²) in [6.07, 6.45) is 0.210. The molecule has 1 N–H and O–H groups in total. The van der Waals surface area contributed by atoms with Gasteiger partial charge in [0, 0.05) is 5.56 Å².